The lowest BCUT2D eigenvalue weighted by Gasteiger charge is -2.42. The number of nitrogens with zero attached hydrogens (tertiary/aromatic N) is 3. The number of carbonyl (C=O) groups is 1. The molecular weight excluding hydrogens is 290 g/mol. The molecule has 0 unspecified atom stereocenters. The van der Waals surface area contributed by atoms with E-state index in [0.717, 1.165) is 42.9 Å². The van der Waals surface area contributed by atoms with Crippen molar-refractivity contribution in [3.63, 3.8) is 0 Å². The van der Waals surface area contributed by atoms with E-state index in [1.165, 1.54) is 0 Å². The van der Waals surface area contributed by atoms with E-state index in [1.54, 1.807) is 4.90 Å². The molecule has 116 valence electrons. The number of aliphatic hydroxyl groups excluding tert-OH is 1. The Morgan fingerprint density at radius 3 is 3.10 bits per heavy atom. The maximum absolute atomic E-state index is 12.6. The number of aromatic nitrogens is 2. The number of aryl methyl sites for hydroxylation is 1. The first kappa shape index (κ1) is 14.9. The van der Waals surface area contributed by atoms with Crippen LogP contribution in [-0.2, 0) is 11.2 Å². The highest BCUT2D eigenvalue weighted by molar-refractivity contribution is 7.08. The first-order chi connectivity index (χ1) is 10.2. The average molecular weight is 311 g/mol. The van der Waals surface area contributed by atoms with E-state index in [2.05, 4.69) is 16.5 Å². The van der Waals surface area contributed by atoms with Crippen LogP contribution < -0.4 is 0 Å². The van der Waals surface area contributed by atoms with Crippen LogP contribution in [0.25, 0.3) is 0 Å². The molecule has 3 heterocycles. The highest BCUT2D eigenvalue weighted by atomic mass is 32.1. The van der Waals surface area contributed by atoms with Gasteiger partial charge in [0.05, 0.1) is 11.3 Å². The highest BCUT2D eigenvalue weighted by Gasteiger charge is 2.46. The lowest BCUT2D eigenvalue weighted by molar-refractivity contribution is -0.122. The number of carbonyl (C=O) groups excluding carboxylic acids is 1. The van der Waals surface area contributed by atoms with Gasteiger partial charge in [-0.25, -0.2) is 0 Å². The Balaban J connectivity index is 1.70. The molecule has 1 spiro atoms. The van der Waals surface area contributed by atoms with Crippen LogP contribution in [-0.4, -0.2) is 56.9 Å². The molecule has 2 fully saturated rings. The molecule has 1 N–H and O–H groups in total. The molecule has 0 aromatic carbocycles. The van der Waals surface area contributed by atoms with Gasteiger partial charge < -0.3 is 14.7 Å². The van der Waals surface area contributed by atoms with Gasteiger partial charge in [-0.3, -0.25) is 4.79 Å². The smallest absolute Gasteiger partial charge is 0.267 e. The van der Waals surface area contributed by atoms with Gasteiger partial charge >= 0.3 is 0 Å². The molecule has 3 rings (SSSR count). The molecule has 2 atom stereocenters. The second kappa shape index (κ2) is 5.98. The number of hydrogen-bond donors (Lipinski definition) is 1. The first-order valence-electron chi connectivity index (χ1n) is 7.59. The van der Waals surface area contributed by atoms with Crippen LogP contribution in [0.5, 0.6) is 0 Å². The topological polar surface area (TPSA) is 75.6 Å². The Morgan fingerprint density at radius 2 is 2.43 bits per heavy atom. The predicted octanol–water partition coefficient (Wildman–Crippen LogP) is 1.25. The van der Waals surface area contributed by atoms with Crippen LogP contribution >= 0.6 is 11.5 Å². The zero-order valence-electron chi connectivity index (χ0n) is 12.2. The van der Waals surface area contributed by atoms with E-state index in [1.807, 2.05) is 0 Å². The van der Waals surface area contributed by atoms with Gasteiger partial charge in [0.15, 0.2) is 0 Å². The van der Waals surface area contributed by atoms with Crippen molar-refractivity contribution >= 4 is 17.4 Å². The first-order valence-corrected chi connectivity index (χ1v) is 8.36. The normalized spacial score (nSPS) is 29.2. The number of likely N-dealkylation sites (tertiary alicyclic amines) is 1. The zero-order chi connectivity index (χ0) is 14.9. The molecule has 1 aromatic heterocycles. The van der Waals surface area contributed by atoms with Gasteiger partial charge in [0.1, 0.15) is 11.0 Å². The van der Waals surface area contributed by atoms with E-state index in [-0.39, 0.29) is 5.91 Å². The number of piperidine rings is 1. The molecular formula is C14H21N3O3S. The van der Waals surface area contributed by atoms with Crippen molar-refractivity contribution in [1.29, 1.82) is 0 Å². The number of rotatable bonds is 3. The summed E-state index contributed by atoms with van der Waals surface area (Å²) in [5, 5.41) is 14.4. The van der Waals surface area contributed by atoms with E-state index < -0.39 is 11.7 Å². The molecule has 0 aliphatic carbocycles. The molecule has 0 bridgehead atoms. The number of amides is 1. The van der Waals surface area contributed by atoms with Gasteiger partial charge in [-0.2, -0.15) is 0 Å². The monoisotopic (exact) mass is 311 g/mol. The summed E-state index contributed by atoms with van der Waals surface area (Å²) in [6.45, 7) is 3.73. The van der Waals surface area contributed by atoms with Crippen molar-refractivity contribution in [3.05, 3.63) is 10.6 Å². The molecule has 2 aliphatic heterocycles. The summed E-state index contributed by atoms with van der Waals surface area (Å²) in [5.41, 5.74) is 0.356. The molecule has 6 nitrogen and oxygen atoms in total. The highest BCUT2D eigenvalue weighted by Crippen LogP contribution is 2.36. The summed E-state index contributed by atoms with van der Waals surface area (Å²) >= 11 is 1.15. The zero-order valence-corrected chi connectivity index (χ0v) is 13.1. The van der Waals surface area contributed by atoms with E-state index in [0.29, 0.717) is 31.0 Å². The fraction of sp³-hybridized carbons (Fsp3) is 0.786. The fourth-order valence-electron chi connectivity index (χ4n) is 3.24. The minimum absolute atomic E-state index is 0.0552. The Bertz CT molecular complexity index is 513. The summed E-state index contributed by atoms with van der Waals surface area (Å²) in [6, 6.07) is 0. The molecule has 2 saturated heterocycles. The number of ether oxygens (including phenoxy) is 1. The van der Waals surface area contributed by atoms with Gasteiger partial charge in [0.25, 0.3) is 5.91 Å². The Hall–Kier alpha value is -1.05. The lowest BCUT2D eigenvalue weighted by atomic mass is 9.86. The van der Waals surface area contributed by atoms with Crippen molar-refractivity contribution in [3.8, 4) is 0 Å². The standard InChI is InChI=1S/C14H21N3O3S/c1-2-4-10-12(21-16-15-10)13(19)17-7-6-14(11(18)9-17)5-3-8-20-14/h11,18H,2-9H2,1H3/t11-,14-/m0/s1. The lowest BCUT2D eigenvalue weighted by Crippen LogP contribution is -2.56. The summed E-state index contributed by atoms with van der Waals surface area (Å²) in [7, 11) is 0. The minimum atomic E-state index is -0.604. The largest absolute Gasteiger partial charge is 0.388 e. The van der Waals surface area contributed by atoms with Gasteiger partial charge in [0, 0.05) is 19.7 Å². The van der Waals surface area contributed by atoms with E-state index in [4.69, 9.17) is 4.74 Å². The van der Waals surface area contributed by atoms with Crippen molar-refractivity contribution in [2.24, 2.45) is 0 Å². The van der Waals surface area contributed by atoms with Crippen molar-refractivity contribution in [2.45, 2.75) is 50.7 Å². The summed E-state index contributed by atoms with van der Waals surface area (Å²) in [4.78, 5) is 14.9. The minimum Gasteiger partial charge on any atom is -0.388 e. The number of aliphatic hydroxyl groups is 1. The van der Waals surface area contributed by atoms with E-state index >= 15 is 0 Å². The third-order valence-electron chi connectivity index (χ3n) is 4.46. The second-order valence-corrected chi connectivity index (χ2v) is 6.59. The van der Waals surface area contributed by atoms with Crippen molar-refractivity contribution in [2.75, 3.05) is 19.7 Å². The van der Waals surface area contributed by atoms with Gasteiger partial charge in [0.2, 0.25) is 0 Å². The Morgan fingerprint density at radius 1 is 1.57 bits per heavy atom. The summed E-state index contributed by atoms with van der Waals surface area (Å²) < 4.78 is 9.67. The van der Waals surface area contributed by atoms with Crippen LogP contribution in [0.4, 0.5) is 0 Å². The molecule has 7 heteroatoms. The van der Waals surface area contributed by atoms with Crippen LogP contribution in [0.3, 0.4) is 0 Å². The SMILES string of the molecule is CCCc1nnsc1C(=O)N1CC[C@@]2(CCCO2)[C@@H](O)C1. The fourth-order valence-corrected chi connectivity index (χ4v) is 3.91. The molecule has 1 amide bonds. The second-order valence-electron chi connectivity index (χ2n) is 5.83. The Kier molecular flexibility index (Phi) is 4.24. The van der Waals surface area contributed by atoms with Gasteiger partial charge in [-0.15, -0.1) is 5.10 Å². The summed E-state index contributed by atoms with van der Waals surface area (Å²) in [6.07, 6.45) is 3.68. The van der Waals surface area contributed by atoms with Gasteiger partial charge in [-0.1, -0.05) is 17.8 Å². The van der Waals surface area contributed by atoms with Crippen molar-refractivity contribution < 1.29 is 14.6 Å². The van der Waals surface area contributed by atoms with Gasteiger partial charge in [-0.05, 0) is 37.2 Å². The molecule has 21 heavy (non-hydrogen) atoms. The number of β-amino-alcohol motifs (C(OH)–C–C–N with tert-alkyl or cyclic N) is 1. The van der Waals surface area contributed by atoms with Crippen LogP contribution in [0.15, 0.2) is 0 Å². The molecule has 2 aliphatic rings. The maximum atomic E-state index is 12.6. The molecule has 0 saturated carbocycles. The summed E-state index contributed by atoms with van der Waals surface area (Å²) in [5.74, 6) is -0.0552. The molecule has 1 aromatic rings. The average Bonchev–Trinajstić information content (AvgIpc) is 3.12. The van der Waals surface area contributed by atoms with Crippen LogP contribution in [0.1, 0.15) is 48.0 Å². The predicted molar refractivity (Wildman–Crippen MR) is 78.3 cm³/mol. The third-order valence-corrected chi connectivity index (χ3v) is 5.22. The van der Waals surface area contributed by atoms with E-state index in [9.17, 15) is 9.90 Å². The third kappa shape index (κ3) is 2.69. The maximum Gasteiger partial charge on any atom is 0.267 e. The van der Waals surface area contributed by atoms with Crippen LogP contribution in [0.2, 0.25) is 0 Å². The number of hydrogen-bond acceptors (Lipinski definition) is 6. The quantitative estimate of drug-likeness (QED) is 0.909. The van der Waals surface area contributed by atoms with Crippen molar-refractivity contribution in [1.82, 2.24) is 14.5 Å². The van der Waals surface area contributed by atoms with Crippen LogP contribution in [0, 0.1) is 0 Å². The molecule has 0 radical (unpaired) electrons. The Labute approximate surface area is 128 Å².